The van der Waals surface area contributed by atoms with Gasteiger partial charge in [-0.25, -0.2) is 8.42 Å². The monoisotopic (exact) mass is 442 g/mol. The van der Waals surface area contributed by atoms with Gasteiger partial charge in [0.2, 0.25) is 15.9 Å². The minimum Gasteiger partial charge on any atom is -0.352 e. The molecule has 168 valence electrons. The van der Waals surface area contributed by atoms with Crippen LogP contribution in [-0.2, 0) is 21.4 Å². The molecule has 1 saturated carbocycles. The molecule has 1 amide bonds. The number of amides is 1. The van der Waals surface area contributed by atoms with Crippen molar-refractivity contribution in [1.29, 1.82) is 0 Å². The van der Waals surface area contributed by atoms with E-state index in [0.717, 1.165) is 42.4 Å². The molecule has 0 aliphatic heterocycles. The zero-order valence-corrected chi connectivity index (χ0v) is 19.5. The summed E-state index contributed by atoms with van der Waals surface area (Å²) in [6.45, 7) is 3.89. The van der Waals surface area contributed by atoms with Crippen LogP contribution in [0.1, 0.15) is 61.6 Å². The number of benzene rings is 2. The molecule has 0 spiro atoms. The first-order valence-corrected chi connectivity index (χ1v) is 12.7. The lowest BCUT2D eigenvalue weighted by Crippen LogP contribution is -2.44. The maximum absolute atomic E-state index is 13.4. The Kier molecular flexibility index (Phi) is 8.27. The first-order valence-electron chi connectivity index (χ1n) is 11.3. The van der Waals surface area contributed by atoms with Crippen molar-refractivity contribution in [2.75, 3.05) is 6.54 Å². The van der Waals surface area contributed by atoms with Gasteiger partial charge in [0.05, 0.1) is 11.4 Å². The SMILES string of the molecule is Cc1ccc(CN(CC(=O)NC2CCCCCCC2)S(=O)(=O)c2ccc(C)cc2)cc1. The number of carbonyl (C=O) groups is 1. The van der Waals surface area contributed by atoms with Crippen LogP contribution in [0.5, 0.6) is 0 Å². The van der Waals surface area contributed by atoms with E-state index in [1.807, 2.05) is 38.1 Å². The predicted octanol–water partition coefficient (Wildman–Crippen LogP) is 4.72. The van der Waals surface area contributed by atoms with E-state index in [1.54, 1.807) is 24.3 Å². The van der Waals surface area contributed by atoms with Gasteiger partial charge < -0.3 is 5.32 Å². The number of hydrogen-bond donors (Lipinski definition) is 1. The van der Waals surface area contributed by atoms with Crippen LogP contribution in [0.3, 0.4) is 0 Å². The molecule has 2 aromatic rings. The molecule has 0 unspecified atom stereocenters. The van der Waals surface area contributed by atoms with Gasteiger partial charge in [0, 0.05) is 12.6 Å². The van der Waals surface area contributed by atoms with Crippen LogP contribution < -0.4 is 5.32 Å². The van der Waals surface area contributed by atoms with Gasteiger partial charge in [-0.15, -0.1) is 0 Å². The van der Waals surface area contributed by atoms with Crippen molar-refractivity contribution >= 4 is 15.9 Å². The van der Waals surface area contributed by atoms with Gasteiger partial charge in [-0.1, -0.05) is 79.6 Å². The summed E-state index contributed by atoms with van der Waals surface area (Å²) >= 11 is 0. The molecule has 0 radical (unpaired) electrons. The Morgan fingerprint density at radius 3 is 1.97 bits per heavy atom. The summed E-state index contributed by atoms with van der Waals surface area (Å²) in [7, 11) is -3.80. The van der Waals surface area contributed by atoms with Crippen molar-refractivity contribution in [2.24, 2.45) is 0 Å². The van der Waals surface area contributed by atoms with E-state index in [2.05, 4.69) is 5.32 Å². The molecule has 1 aliphatic rings. The smallest absolute Gasteiger partial charge is 0.243 e. The lowest BCUT2D eigenvalue weighted by atomic mass is 9.97. The van der Waals surface area contributed by atoms with Gasteiger partial charge >= 0.3 is 0 Å². The minimum atomic E-state index is -3.80. The molecule has 6 heteroatoms. The second kappa shape index (κ2) is 10.9. The number of sulfonamides is 1. The molecule has 2 aromatic carbocycles. The van der Waals surface area contributed by atoms with Crippen molar-refractivity contribution in [3.05, 3.63) is 65.2 Å². The first kappa shape index (κ1) is 23.5. The van der Waals surface area contributed by atoms with Gasteiger partial charge in [-0.3, -0.25) is 4.79 Å². The van der Waals surface area contributed by atoms with Crippen LogP contribution in [0.15, 0.2) is 53.4 Å². The number of nitrogens with zero attached hydrogens (tertiary/aromatic N) is 1. The van der Waals surface area contributed by atoms with Gasteiger partial charge in [0.1, 0.15) is 0 Å². The predicted molar refractivity (Wildman–Crippen MR) is 124 cm³/mol. The van der Waals surface area contributed by atoms with Crippen LogP contribution in [0, 0.1) is 13.8 Å². The summed E-state index contributed by atoms with van der Waals surface area (Å²) in [6, 6.07) is 14.7. The Bertz CT molecular complexity index is 945. The van der Waals surface area contributed by atoms with Gasteiger partial charge in [-0.2, -0.15) is 4.31 Å². The minimum absolute atomic E-state index is 0.135. The van der Waals surface area contributed by atoms with Crippen molar-refractivity contribution in [1.82, 2.24) is 9.62 Å². The molecule has 0 heterocycles. The zero-order chi connectivity index (χ0) is 22.3. The maximum Gasteiger partial charge on any atom is 0.243 e. The molecule has 31 heavy (non-hydrogen) atoms. The molecule has 0 aromatic heterocycles. The average Bonchev–Trinajstić information content (AvgIpc) is 2.71. The van der Waals surface area contributed by atoms with Crippen molar-refractivity contribution in [3.63, 3.8) is 0 Å². The fourth-order valence-electron chi connectivity index (χ4n) is 4.02. The van der Waals surface area contributed by atoms with Crippen molar-refractivity contribution in [3.8, 4) is 0 Å². The molecule has 5 nitrogen and oxygen atoms in total. The summed E-state index contributed by atoms with van der Waals surface area (Å²) in [5, 5.41) is 3.10. The molecule has 0 saturated heterocycles. The van der Waals surface area contributed by atoms with Gasteiger partial charge in [-0.05, 0) is 44.4 Å². The van der Waals surface area contributed by atoms with Gasteiger partial charge in [0.25, 0.3) is 0 Å². The van der Waals surface area contributed by atoms with E-state index in [1.165, 1.54) is 23.6 Å². The van der Waals surface area contributed by atoms with Crippen LogP contribution in [0.4, 0.5) is 0 Å². The molecule has 0 bridgehead atoms. The zero-order valence-electron chi connectivity index (χ0n) is 18.6. The number of rotatable bonds is 7. The largest absolute Gasteiger partial charge is 0.352 e. The van der Waals surface area contributed by atoms with Crippen LogP contribution in [0.2, 0.25) is 0 Å². The Labute approximate surface area is 186 Å². The number of carbonyl (C=O) groups excluding carboxylic acids is 1. The standard InChI is InChI=1S/C25H34N2O3S/c1-20-10-14-22(15-11-20)18-27(31(29,30)24-16-12-21(2)13-17-24)19-25(28)26-23-8-6-4-3-5-7-9-23/h10-17,23H,3-9,18-19H2,1-2H3,(H,26,28). The Morgan fingerprint density at radius 1 is 0.871 bits per heavy atom. The lowest BCUT2D eigenvalue weighted by molar-refractivity contribution is -0.122. The number of hydrogen-bond acceptors (Lipinski definition) is 3. The normalized spacial score (nSPS) is 16.0. The molecule has 3 rings (SSSR count). The summed E-state index contributed by atoms with van der Waals surface area (Å²) < 4.78 is 28.1. The molecule has 1 fully saturated rings. The molecule has 0 atom stereocenters. The number of aryl methyl sites for hydroxylation is 2. The van der Waals surface area contributed by atoms with Crippen LogP contribution in [0.25, 0.3) is 0 Å². The van der Waals surface area contributed by atoms with Crippen molar-refractivity contribution in [2.45, 2.75) is 76.3 Å². The highest BCUT2D eigenvalue weighted by Crippen LogP contribution is 2.20. The van der Waals surface area contributed by atoms with E-state index in [-0.39, 0.29) is 29.9 Å². The highest BCUT2D eigenvalue weighted by Gasteiger charge is 2.27. The maximum atomic E-state index is 13.4. The van der Waals surface area contributed by atoms with E-state index in [4.69, 9.17) is 0 Å². The Balaban J connectivity index is 1.78. The third kappa shape index (κ3) is 6.91. The quantitative estimate of drug-likeness (QED) is 0.674. The topological polar surface area (TPSA) is 66.5 Å². The molecule has 1 N–H and O–H groups in total. The lowest BCUT2D eigenvalue weighted by Gasteiger charge is -2.25. The van der Waals surface area contributed by atoms with Crippen LogP contribution in [-0.4, -0.2) is 31.2 Å². The third-order valence-corrected chi connectivity index (χ3v) is 7.73. The van der Waals surface area contributed by atoms with Crippen molar-refractivity contribution < 1.29 is 13.2 Å². The summed E-state index contributed by atoms with van der Waals surface area (Å²) in [5.74, 6) is -0.228. The second-order valence-electron chi connectivity index (χ2n) is 8.68. The van der Waals surface area contributed by atoms with Gasteiger partial charge in [0.15, 0.2) is 0 Å². The summed E-state index contributed by atoms with van der Waals surface area (Å²) in [4.78, 5) is 13.1. The van der Waals surface area contributed by atoms with E-state index in [0.29, 0.717) is 0 Å². The first-order chi connectivity index (χ1) is 14.8. The summed E-state index contributed by atoms with van der Waals surface area (Å²) in [6.07, 6.45) is 7.82. The fourth-order valence-corrected chi connectivity index (χ4v) is 5.40. The third-order valence-electron chi connectivity index (χ3n) is 5.93. The summed E-state index contributed by atoms with van der Waals surface area (Å²) in [5.41, 5.74) is 2.96. The van der Waals surface area contributed by atoms with E-state index in [9.17, 15) is 13.2 Å². The Hall–Kier alpha value is -2.18. The molecular weight excluding hydrogens is 408 g/mol. The number of nitrogens with one attached hydrogen (secondary N) is 1. The second-order valence-corrected chi connectivity index (χ2v) is 10.6. The fraction of sp³-hybridized carbons (Fsp3) is 0.480. The van der Waals surface area contributed by atoms with E-state index >= 15 is 0 Å². The molecule has 1 aliphatic carbocycles. The van der Waals surface area contributed by atoms with Crippen LogP contribution >= 0.6 is 0 Å². The van der Waals surface area contributed by atoms with E-state index < -0.39 is 10.0 Å². The average molecular weight is 443 g/mol. The highest BCUT2D eigenvalue weighted by molar-refractivity contribution is 7.89. The Morgan fingerprint density at radius 2 is 1.39 bits per heavy atom. The molecular formula is C25H34N2O3S. The highest BCUT2D eigenvalue weighted by atomic mass is 32.2.